The first-order chi connectivity index (χ1) is 6.27. The van der Waals surface area contributed by atoms with Crippen LogP contribution in [0.15, 0.2) is 24.3 Å². The lowest BCUT2D eigenvalue weighted by Gasteiger charge is -2.07. The van der Waals surface area contributed by atoms with Crippen LogP contribution in [-0.2, 0) is 11.2 Å². The van der Waals surface area contributed by atoms with Crippen molar-refractivity contribution in [3.8, 4) is 0 Å². The molecule has 1 aliphatic rings. The summed E-state index contributed by atoms with van der Waals surface area (Å²) >= 11 is 0. The van der Waals surface area contributed by atoms with Gasteiger partial charge in [0.05, 0.1) is 6.42 Å². The molecule has 0 aromatic heterocycles. The van der Waals surface area contributed by atoms with Gasteiger partial charge in [-0.3, -0.25) is 4.79 Å². The number of carboxylic acids is 1. The maximum Gasteiger partial charge on any atom is 0.303 e. The number of carbonyl (C=O) groups is 1. The highest BCUT2D eigenvalue weighted by Gasteiger charge is 2.23. The predicted octanol–water partition coefficient (Wildman–Crippen LogP) is 2.19. The summed E-state index contributed by atoms with van der Waals surface area (Å²) < 4.78 is 0. The van der Waals surface area contributed by atoms with Crippen LogP contribution in [-0.4, -0.2) is 11.1 Å². The highest BCUT2D eigenvalue weighted by molar-refractivity contribution is 5.68. The van der Waals surface area contributed by atoms with E-state index in [1.165, 1.54) is 11.1 Å². The number of rotatable bonds is 2. The first kappa shape index (κ1) is 8.30. The fourth-order valence-corrected chi connectivity index (χ4v) is 2.07. The van der Waals surface area contributed by atoms with Crippen LogP contribution in [0.5, 0.6) is 0 Å². The molecule has 0 radical (unpaired) electrons. The second-order valence-electron chi connectivity index (χ2n) is 3.53. The largest absolute Gasteiger partial charge is 0.481 e. The van der Waals surface area contributed by atoms with Crippen molar-refractivity contribution >= 4 is 5.97 Å². The van der Waals surface area contributed by atoms with Crippen LogP contribution in [0.25, 0.3) is 0 Å². The van der Waals surface area contributed by atoms with Crippen LogP contribution >= 0.6 is 0 Å². The number of aliphatic carboxylic acids is 1. The van der Waals surface area contributed by atoms with E-state index in [4.69, 9.17) is 5.11 Å². The zero-order valence-corrected chi connectivity index (χ0v) is 7.36. The molecule has 0 saturated heterocycles. The minimum atomic E-state index is -0.693. The van der Waals surface area contributed by atoms with E-state index >= 15 is 0 Å². The Morgan fingerprint density at radius 1 is 1.46 bits per heavy atom. The topological polar surface area (TPSA) is 37.3 Å². The van der Waals surface area contributed by atoms with Crippen molar-refractivity contribution in [1.29, 1.82) is 0 Å². The molecule has 0 fully saturated rings. The van der Waals surface area contributed by atoms with Crippen molar-refractivity contribution in [2.24, 2.45) is 0 Å². The number of carboxylic acid groups (broad SMARTS) is 1. The number of benzene rings is 1. The van der Waals surface area contributed by atoms with Crippen LogP contribution in [0.3, 0.4) is 0 Å². The number of fused-ring (bicyclic) bond motifs is 1. The highest BCUT2D eigenvalue weighted by Crippen LogP contribution is 2.34. The van der Waals surface area contributed by atoms with Crippen molar-refractivity contribution in [3.05, 3.63) is 35.4 Å². The Kier molecular flexibility index (Phi) is 2.05. The van der Waals surface area contributed by atoms with Gasteiger partial charge in [0.15, 0.2) is 0 Å². The third-order valence-electron chi connectivity index (χ3n) is 2.68. The quantitative estimate of drug-likeness (QED) is 0.750. The Balaban J connectivity index is 2.23. The van der Waals surface area contributed by atoms with Gasteiger partial charge in [0.2, 0.25) is 0 Å². The number of hydrogen-bond donors (Lipinski definition) is 1. The predicted molar refractivity (Wildman–Crippen MR) is 49.8 cm³/mol. The average molecular weight is 176 g/mol. The van der Waals surface area contributed by atoms with E-state index in [9.17, 15) is 4.79 Å². The average Bonchev–Trinajstić information content (AvgIpc) is 2.48. The molecule has 1 aromatic rings. The fourth-order valence-electron chi connectivity index (χ4n) is 2.07. The molecular formula is C11H12O2. The third-order valence-corrected chi connectivity index (χ3v) is 2.68. The number of aryl methyl sites for hydroxylation is 1. The molecule has 1 N–H and O–H groups in total. The van der Waals surface area contributed by atoms with Crippen LogP contribution in [0.2, 0.25) is 0 Å². The van der Waals surface area contributed by atoms with Gasteiger partial charge in [-0.25, -0.2) is 0 Å². The third kappa shape index (κ3) is 1.57. The van der Waals surface area contributed by atoms with E-state index < -0.39 is 5.97 Å². The van der Waals surface area contributed by atoms with E-state index in [-0.39, 0.29) is 12.3 Å². The lowest BCUT2D eigenvalue weighted by atomic mass is 9.98. The second-order valence-corrected chi connectivity index (χ2v) is 3.53. The van der Waals surface area contributed by atoms with Crippen molar-refractivity contribution in [3.63, 3.8) is 0 Å². The summed E-state index contributed by atoms with van der Waals surface area (Å²) in [5, 5.41) is 8.70. The molecule has 0 heterocycles. The zero-order valence-electron chi connectivity index (χ0n) is 7.36. The zero-order chi connectivity index (χ0) is 9.26. The van der Waals surface area contributed by atoms with E-state index in [1.807, 2.05) is 12.1 Å². The lowest BCUT2D eigenvalue weighted by molar-refractivity contribution is -0.137. The smallest absolute Gasteiger partial charge is 0.303 e. The molecule has 1 aromatic carbocycles. The molecule has 2 nitrogen and oxygen atoms in total. The molecule has 68 valence electrons. The van der Waals surface area contributed by atoms with Gasteiger partial charge in [-0.1, -0.05) is 24.3 Å². The summed E-state index contributed by atoms with van der Waals surface area (Å²) in [5.74, 6) is -0.449. The Morgan fingerprint density at radius 2 is 2.23 bits per heavy atom. The van der Waals surface area contributed by atoms with Crippen molar-refractivity contribution in [1.82, 2.24) is 0 Å². The van der Waals surface area contributed by atoms with Crippen LogP contribution in [0.1, 0.15) is 29.9 Å². The van der Waals surface area contributed by atoms with Gasteiger partial charge in [-0.2, -0.15) is 0 Å². The maximum absolute atomic E-state index is 10.6. The molecule has 13 heavy (non-hydrogen) atoms. The van der Waals surface area contributed by atoms with E-state index in [1.54, 1.807) is 0 Å². The Hall–Kier alpha value is -1.31. The molecule has 0 amide bonds. The Morgan fingerprint density at radius 3 is 3.00 bits per heavy atom. The normalized spacial score (nSPS) is 19.8. The van der Waals surface area contributed by atoms with E-state index in [0.717, 1.165) is 12.8 Å². The molecule has 0 spiro atoms. The summed E-state index contributed by atoms with van der Waals surface area (Å²) in [6, 6.07) is 8.15. The summed E-state index contributed by atoms with van der Waals surface area (Å²) in [5.41, 5.74) is 2.57. The van der Waals surface area contributed by atoms with Crippen LogP contribution in [0.4, 0.5) is 0 Å². The van der Waals surface area contributed by atoms with Gasteiger partial charge in [0, 0.05) is 0 Å². The van der Waals surface area contributed by atoms with E-state index in [0.29, 0.717) is 0 Å². The molecule has 0 bridgehead atoms. The summed E-state index contributed by atoms with van der Waals surface area (Å²) in [6.45, 7) is 0. The summed E-state index contributed by atoms with van der Waals surface area (Å²) in [4.78, 5) is 10.6. The maximum atomic E-state index is 10.6. The molecular weight excluding hydrogens is 164 g/mol. The highest BCUT2D eigenvalue weighted by atomic mass is 16.4. The molecule has 1 atom stereocenters. The van der Waals surface area contributed by atoms with Gasteiger partial charge in [-0.05, 0) is 29.9 Å². The Labute approximate surface area is 77.2 Å². The van der Waals surface area contributed by atoms with Gasteiger partial charge in [0.25, 0.3) is 0 Å². The first-order valence-electron chi connectivity index (χ1n) is 4.57. The van der Waals surface area contributed by atoms with Crippen molar-refractivity contribution < 1.29 is 9.90 Å². The SMILES string of the molecule is O=C(O)C[C@H]1CCc2ccccc21. The van der Waals surface area contributed by atoms with Crippen LogP contribution in [0, 0.1) is 0 Å². The van der Waals surface area contributed by atoms with Gasteiger partial charge in [0.1, 0.15) is 0 Å². The Bertz CT molecular complexity index is 331. The van der Waals surface area contributed by atoms with Crippen molar-refractivity contribution in [2.45, 2.75) is 25.2 Å². The minimum Gasteiger partial charge on any atom is -0.481 e. The fraction of sp³-hybridized carbons (Fsp3) is 0.364. The molecule has 1 aliphatic carbocycles. The molecule has 0 aliphatic heterocycles. The lowest BCUT2D eigenvalue weighted by Crippen LogP contribution is -2.02. The summed E-state index contributed by atoms with van der Waals surface area (Å²) in [6.07, 6.45) is 2.30. The standard InChI is InChI=1S/C11H12O2/c12-11(13)7-9-6-5-8-3-1-2-4-10(8)9/h1-4,9H,5-7H2,(H,12,13)/t9-/m1/s1. The summed E-state index contributed by atoms with van der Waals surface area (Å²) in [7, 11) is 0. The molecule has 2 heteroatoms. The minimum absolute atomic E-state index is 0.244. The molecule has 0 saturated carbocycles. The van der Waals surface area contributed by atoms with Crippen LogP contribution < -0.4 is 0 Å². The van der Waals surface area contributed by atoms with Crippen molar-refractivity contribution in [2.75, 3.05) is 0 Å². The molecule has 0 unspecified atom stereocenters. The van der Waals surface area contributed by atoms with Gasteiger partial charge < -0.3 is 5.11 Å². The molecule has 2 rings (SSSR count). The number of hydrogen-bond acceptors (Lipinski definition) is 1. The van der Waals surface area contributed by atoms with Gasteiger partial charge in [-0.15, -0.1) is 0 Å². The second kappa shape index (κ2) is 3.21. The monoisotopic (exact) mass is 176 g/mol. The van der Waals surface area contributed by atoms with Gasteiger partial charge >= 0.3 is 5.97 Å². The van der Waals surface area contributed by atoms with E-state index in [2.05, 4.69) is 12.1 Å². The first-order valence-corrected chi connectivity index (χ1v) is 4.57.